The van der Waals surface area contributed by atoms with Gasteiger partial charge in [-0.15, -0.1) is 6.58 Å². The highest BCUT2D eigenvalue weighted by Crippen LogP contribution is 2.26. The van der Waals surface area contributed by atoms with E-state index in [1.165, 1.54) is 0 Å². The summed E-state index contributed by atoms with van der Waals surface area (Å²) >= 11 is 0. The summed E-state index contributed by atoms with van der Waals surface area (Å²) in [6.45, 7) is 4.52. The van der Waals surface area contributed by atoms with Gasteiger partial charge in [0.05, 0.1) is 0 Å². The van der Waals surface area contributed by atoms with E-state index in [0.717, 1.165) is 25.1 Å². The molecule has 1 aromatic rings. The van der Waals surface area contributed by atoms with Crippen LogP contribution in [0, 0.1) is 5.92 Å². The number of benzene rings is 1. The van der Waals surface area contributed by atoms with Crippen molar-refractivity contribution in [2.45, 2.75) is 12.8 Å². The van der Waals surface area contributed by atoms with Crippen LogP contribution in [-0.2, 0) is 4.79 Å². The van der Waals surface area contributed by atoms with Gasteiger partial charge in [0.15, 0.2) is 0 Å². The van der Waals surface area contributed by atoms with E-state index in [-0.39, 0.29) is 11.8 Å². The van der Waals surface area contributed by atoms with Gasteiger partial charge in [-0.05, 0) is 25.0 Å². The standard InChI is InChI=1S/C13H15NO/c1-2-6-11-9-10-14(13(11)15)12-7-4-3-5-8-12/h2-5,7-8,11H,1,6,9-10H2. The fourth-order valence-electron chi connectivity index (χ4n) is 2.02. The van der Waals surface area contributed by atoms with E-state index in [1.807, 2.05) is 41.3 Å². The van der Waals surface area contributed by atoms with Crippen LogP contribution in [0.2, 0.25) is 0 Å². The first-order chi connectivity index (χ1) is 7.33. The first kappa shape index (κ1) is 9.97. The Hall–Kier alpha value is -1.57. The third kappa shape index (κ3) is 1.94. The van der Waals surface area contributed by atoms with Crippen LogP contribution in [-0.4, -0.2) is 12.5 Å². The molecule has 0 bridgehead atoms. The van der Waals surface area contributed by atoms with Crippen LogP contribution in [0.15, 0.2) is 43.0 Å². The predicted octanol–water partition coefficient (Wildman–Crippen LogP) is 2.62. The SMILES string of the molecule is C=CCC1CCN(c2ccccc2)C1=O. The van der Waals surface area contributed by atoms with Gasteiger partial charge in [-0.2, -0.15) is 0 Å². The van der Waals surface area contributed by atoms with Crippen molar-refractivity contribution in [2.24, 2.45) is 5.92 Å². The Morgan fingerprint density at radius 3 is 2.80 bits per heavy atom. The Morgan fingerprint density at radius 1 is 1.40 bits per heavy atom. The number of allylic oxidation sites excluding steroid dienone is 1. The molecular formula is C13H15NO. The molecule has 1 amide bonds. The van der Waals surface area contributed by atoms with Gasteiger partial charge in [-0.3, -0.25) is 4.79 Å². The summed E-state index contributed by atoms with van der Waals surface area (Å²) < 4.78 is 0. The summed E-state index contributed by atoms with van der Waals surface area (Å²) in [4.78, 5) is 13.8. The minimum Gasteiger partial charge on any atom is -0.312 e. The van der Waals surface area contributed by atoms with Crippen molar-refractivity contribution in [1.82, 2.24) is 0 Å². The van der Waals surface area contributed by atoms with E-state index in [4.69, 9.17) is 0 Å². The number of para-hydroxylation sites is 1. The maximum atomic E-state index is 12.0. The van der Waals surface area contributed by atoms with Gasteiger partial charge in [0.25, 0.3) is 0 Å². The average Bonchev–Trinajstić information content (AvgIpc) is 2.63. The maximum Gasteiger partial charge on any atom is 0.230 e. The Bertz CT molecular complexity index is 358. The zero-order valence-electron chi connectivity index (χ0n) is 8.73. The van der Waals surface area contributed by atoms with Crippen LogP contribution in [0.3, 0.4) is 0 Å². The Kier molecular flexibility index (Phi) is 2.86. The quantitative estimate of drug-likeness (QED) is 0.688. The van der Waals surface area contributed by atoms with Gasteiger partial charge in [0.1, 0.15) is 0 Å². The summed E-state index contributed by atoms with van der Waals surface area (Å²) in [6, 6.07) is 9.85. The molecule has 1 aromatic carbocycles. The molecule has 2 nitrogen and oxygen atoms in total. The molecule has 15 heavy (non-hydrogen) atoms. The molecule has 1 heterocycles. The number of amides is 1. The van der Waals surface area contributed by atoms with Gasteiger partial charge in [-0.1, -0.05) is 24.3 Å². The van der Waals surface area contributed by atoms with E-state index in [9.17, 15) is 4.79 Å². The lowest BCUT2D eigenvalue weighted by molar-refractivity contribution is -0.120. The molecule has 1 aliphatic rings. The lowest BCUT2D eigenvalue weighted by atomic mass is 10.0. The number of rotatable bonds is 3. The number of carbonyl (C=O) groups is 1. The lowest BCUT2D eigenvalue weighted by Crippen LogP contribution is -2.26. The zero-order valence-corrected chi connectivity index (χ0v) is 8.73. The van der Waals surface area contributed by atoms with E-state index in [2.05, 4.69) is 6.58 Å². The lowest BCUT2D eigenvalue weighted by Gasteiger charge is -2.16. The monoisotopic (exact) mass is 201 g/mol. The number of hydrogen-bond acceptors (Lipinski definition) is 1. The van der Waals surface area contributed by atoms with Gasteiger partial charge < -0.3 is 4.90 Å². The Labute approximate surface area is 90.2 Å². The van der Waals surface area contributed by atoms with Gasteiger partial charge in [-0.25, -0.2) is 0 Å². The van der Waals surface area contributed by atoms with Crippen LogP contribution in [0.25, 0.3) is 0 Å². The largest absolute Gasteiger partial charge is 0.312 e. The summed E-state index contributed by atoms with van der Waals surface area (Å²) in [6.07, 6.45) is 3.57. The molecule has 78 valence electrons. The molecule has 0 spiro atoms. The highest BCUT2D eigenvalue weighted by atomic mass is 16.2. The summed E-state index contributed by atoms with van der Waals surface area (Å²) in [5, 5.41) is 0. The summed E-state index contributed by atoms with van der Waals surface area (Å²) in [5.74, 6) is 0.379. The molecule has 1 atom stereocenters. The number of nitrogens with zero attached hydrogens (tertiary/aromatic N) is 1. The first-order valence-corrected chi connectivity index (χ1v) is 5.30. The molecule has 0 aromatic heterocycles. The third-order valence-corrected chi connectivity index (χ3v) is 2.84. The molecule has 1 unspecified atom stereocenters. The van der Waals surface area contributed by atoms with E-state index in [1.54, 1.807) is 0 Å². The molecule has 2 rings (SSSR count). The number of carbonyl (C=O) groups excluding carboxylic acids is 1. The van der Waals surface area contributed by atoms with Crippen LogP contribution in [0.4, 0.5) is 5.69 Å². The highest BCUT2D eigenvalue weighted by molar-refractivity contribution is 5.97. The smallest absolute Gasteiger partial charge is 0.230 e. The molecule has 2 heteroatoms. The van der Waals surface area contributed by atoms with Gasteiger partial charge >= 0.3 is 0 Å². The van der Waals surface area contributed by atoms with Crippen LogP contribution in [0.1, 0.15) is 12.8 Å². The predicted molar refractivity (Wildman–Crippen MR) is 61.7 cm³/mol. The van der Waals surface area contributed by atoms with Gasteiger partial charge in [0, 0.05) is 18.2 Å². The van der Waals surface area contributed by atoms with E-state index >= 15 is 0 Å². The van der Waals surface area contributed by atoms with Crippen molar-refractivity contribution in [3.8, 4) is 0 Å². The second-order valence-electron chi connectivity index (χ2n) is 3.84. The molecule has 0 saturated carbocycles. The molecular weight excluding hydrogens is 186 g/mol. The van der Waals surface area contributed by atoms with Crippen molar-refractivity contribution >= 4 is 11.6 Å². The molecule has 0 aliphatic carbocycles. The third-order valence-electron chi connectivity index (χ3n) is 2.84. The van der Waals surface area contributed by atoms with Crippen LogP contribution >= 0.6 is 0 Å². The van der Waals surface area contributed by atoms with Crippen molar-refractivity contribution in [3.63, 3.8) is 0 Å². The fourth-order valence-corrected chi connectivity index (χ4v) is 2.02. The van der Waals surface area contributed by atoms with E-state index < -0.39 is 0 Å². The Morgan fingerprint density at radius 2 is 2.13 bits per heavy atom. The molecule has 1 saturated heterocycles. The second-order valence-corrected chi connectivity index (χ2v) is 3.84. The summed E-state index contributed by atoms with van der Waals surface area (Å²) in [7, 11) is 0. The maximum absolute atomic E-state index is 12.0. The van der Waals surface area contributed by atoms with E-state index in [0.29, 0.717) is 0 Å². The zero-order chi connectivity index (χ0) is 10.7. The topological polar surface area (TPSA) is 20.3 Å². The Balaban J connectivity index is 2.14. The van der Waals surface area contributed by atoms with Gasteiger partial charge in [0.2, 0.25) is 5.91 Å². The van der Waals surface area contributed by atoms with Crippen molar-refractivity contribution in [3.05, 3.63) is 43.0 Å². The normalized spacial score (nSPS) is 20.7. The number of anilines is 1. The molecule has 0 radical (unpaired) electrons. The molecule has 0 N–H and O–H groups in total. The first-order valence-electron chi connectivity index (χ1n) is 5.30. The fraction of sp³-hybridized carbons (Fsp3) is 0.308. The second kappa shape index (κ2) is 4.30. The number of hydrogen-bond donors (Lipinski definition) is 0. The van der Waals surface area contributed by atoms with Crippen molar-refractivity contribution in [1.29, 1.82) is 0 Å². The van der Waals surface area contributed by atoms with Crippen molar-refractivity contribution < 1.29 is 4.79 Å². The minimum atomic E-state index is 0.141. The van der Waals surface area contributed by atoms with Crippen molar-refractivity contribution in [2.75, 3.05) is 11.4 Å². The molecule has 1 aliphatic heterocycles. The van der Waals surface area contributed by atoms with Crippen LogP contribution < -0.4 is 4.90 Å². The average molecular weight is 201 g/mol. The minimum absolute atomic E-state index is 0.141. The highest BCUT2D eigenvalue weighted by Gasteiger charge is 2.31. The van der Waals surface area contributed by atoms with Crippen LogP contribution in [0.5, 0.6) is 0 Å². The summed E-state index contributed by atoms with van der Waals surface area (Å²) in [5.41, 5.74) is 1.01. The molecule has 1 fully saturated rings.